The van der Waals surface area contributed by atoms with Crippen molar-refractivity contribution in [3.05, 3.63) is 50.3 Å². The standard InChI is InChI=1S/C11H11N3O2S/c1-8-6-17-7-9(8)5-13-11-4-10(14(15)16)2-3-12-11/h2-4,6-7H,5H2,1H3,(H,12,13). The van der Waals surface area contributed by atoms with Crippen LogP contribution in [0.3, 0.4) is 0 Å². The Morgan fingerprint density at radius 2 is 2.35 bits per heavy atom. The van der Waals surface area contributed by atoms with Crippen LogP contribution in [0.15, 0.2) is 29.1 Å². The third-order valence-corrected chi connectivity index (χ3v) is 3.29. The normalized spacial score (nSPS) is 10.2. The van der Waals surface area contributed by atoms with E-state index in [9.17, 15) is 10.1 Å². The number of hydrogen-bond donors (Lipinski definition) is 1. The summed E-state index contributed by atoms with van der Waals surface area (Å²) in [5, 5.41) is 17.8. The molecule has 0 fully saturated rings. The zero-order valence-electron chi connectivity index (χ0n) is 9.21. The van der Waals surface area contributed by atoms with Gasteiger partial charge in [0.1, 0.15) is 5.82 Å². The third kappa shape index (κ3) is 2.79. The van der Waals surface area contributed by atoms with E-state index in [1.165, 1.54) is 29.5 Å². The third-order valence-electron chi connectivity index (χ3n) is 2.38. The molecule has 2 heterocycles. The summed E-state index contributed by atoms with van der Waals surface area (Å²) >= 11 is 1.64. The largest absolute Gasteiger partial charge is 0.366 e. The molecule has 0 radical (unpaired) electrons. The average Bonchev–Trinajstić information content (AvgIpc) is 2.72. The van der Waals surface area contributed by atoms with E-state index in [0.29, 0.717) is 12.4 Å². The first kappa shape index (κ1) is 11.5. The van der Waals surface area contributed by atoms with Crippen molar-refractivity contribution in [2.45, 2.75) is 13.5 Å². The Kier molecular flexibility index (Phi) is 3.34. The zero-order valence-corrected chi connectivity index (χ0v) is 10.0. The summed E-state index contributed by atoms with van der Waals surface area (Å²) in [5.41, 5.74) is 2.45. The average molecular weight is 249 g/mol. The molecular weight excluding hydrogens is 238 g/mol. The van der Waals surface area contributed by atoms with E-state index >= 15 is 0 Å². The predicted octanol–water partition coefficient (Wildman–Crippen LogP) is 2.97. The molecule has 0 saturated carbocycles. The van der Waals surface area contributed by atoms with Gasteiger partial charge < -0.3 is 5.32 Å². The lowest BCUT2D eigenvalue weighted by atomic mass is 10.2. The Balaban J connectivity index is 2.07. The van der Waals surface area contributed by atoms with Gasteiger partial charge in [-0.1, -0.05) is 0 Å². The van der Waals surface area contributed by atoms with Crippen molar-refractivity contribution in [3.8, 4) is 0 Å². The molecule has 0 unspecified atom stereocenters. The van der Waals surface area contributed by atoms with Gasteiger partial charge in [-0.3, -0.25) is 10.1 Å². The molecule has 2 aromatic rings. The van der Waals surface area contributed by atoms with E-state index in [1.54, 1.807) is 11.3 Å². The van der Waals surface area contributed by atoms with Crippen molar-refractivity contribution in [2.24, 2.45) is 0 Å². The maximum atomic E-state index is 10.6. The fourth-order valence-corrected chi connectivity index (χ4v) is 2.24. The van der Waals surface area contributed by atoms with Gasteiger partial charge in [0.2, 0.25) is 0 Å². The van der Waals surface area contributed by atoms with E-state index in [-0.39, 0.29) is 5.69 Å². The van der Waals surface area contributed by atoms with Gasteiger partial charge in [0.05, 0.1) is 11.0 Å². The SMILES string of the molecule is Cc1cscc1CNc1cc([N+](=O)[O-])ccn1. The Morgan fingerprint density at radius 1 is 1.53 bits per heavy atom. The summed E-state index contributed by atoms with van der Waals surface area (Å²) in [6.45, 7) is 2.66. The molecule has 2 aromatic heterocycles. The fraction of sp³-hybridized carbons (Fsp3) is 0.182. The van der Waals surface area contributed by atoms with E-state index in [0.717, 1.165) is 0 Å². The summed E-state index contributed by atoms with van der Waals surface area (Å²) in [7, 11) is 0. The molecule has 0 atom stereocenters. The predicted molar refractivity (Wildman–Crippen MR) is 67.3 cm³/mol. The number of thiophene rings is 1. The zero-order chi connectivity index (χ0) is 12.3. The number of pyridine rings is 1. The van der Waals surface area contributed by atoms with Crippen molar-refractivity contribution in [1.82, 2.24) is 4.98 Å². The summed E-state index contributed by atoms with van der Waals surface area (Å²) in [5.74, 6) is 0.518. The number of nitrogens with one attached hydrogen (secondary N) is 1. The maximum absolute atomic E-state index is 10.6. The Bertz CT molecular complexity index is 539. The molecule has 0 spiro atoms. The minimum atomic E-state index is -0.428. The van der Waals surface area contributed by atoms with Gasteiger partial charge in [-0.15, -0.1) is 0 Å². The summed E-state index contributed by atoms with van der Waals surface area (Å²) in [6.07, 6.45) is 1.43. The molecule has 5 nitrogen and oxygen atoms in total. The highest BCUT2D eigenvalue weighted by molar-refractivity contribution is 7.08. The molecule has 0 amide bonds. The highest BCUT2D eigenvalue weighted by Crippen LogP contribution is 2.17. The van der Waals surface area contributed by atoms with Crippen LogP contribution in [0.2, 0.25) is 0 Å². The fourth-order valence-electron chi connectivity index (χ4n) is 1.38. The number of aryl methyl sites for hydroxylation is 1. The van der Waals surface area contributed by atoms with Crippen molar-refractivity contribution in [1.29, 1.82) is 0 Å². The smallest absolute Gasteiger partial charge is 0.274 e. The summed E-state index contributed by atoms with van der Waals surface area (Å²) in [6, 6.07) is 2.81. The molecule has 0 aromatic carbocycles. The van der Waals surface area contributed by atoms with Gasteiger partial charge in [0.25, 0.3) is 5.69 Å². The van der Waals surface area contributed by atoms with Crippen molar-refractivity contribution in [2.75, 3.05) is 5.32 Å². The van der Waals surface area contributed by atoms with Gasteiger partial charge in [-0.2, -0.15) is 11.3 Å². The first-order valence-corrected chi connectivity index (χ1v) is 5.97. The molecule has 17 heavy (non-hydrogen) atoms. The Morgan fingerprint density at radius 3 is 3.00 bits per heavy atom. The lowest BCUT2D eigenvalue weighted by Gasteiger charge is -2.04. The van der Waals surface area contributed by atoms with Crippen LogP contribution in [-0.4, -0.2) is 9.91 Å². The number of aromatic nitrogens is 1. The van der Waals surface area contributed by atoms with Crippen LogP contribution in [-0.2, 0) is 6.54 Å². The number of nitro groups is 1. The quantitative estimate of drug-likeness (QED) is 0.668. The molecule has 0 aliphatic rings. The van der Waals surface area contributed by atoms with Gasteiger partial charge in [0, 0.05) is 18.8 Å². The van der Waals surface area contributed by atoms with E-state index in [4.69, 9.17) is 0 Å². The molecule has 88 valence electrons. The molecule has 0 saturated heterocycles. The first-order chi connectivity index (χ1) is 8.16. The van der Waals surface area contributed by atoms with Crippen molar-refractivity contribution in [3.63, 3.8) is 0 Å². The van der Waals surface area contributed by atoms with Gasteiger partial charge in [-0.25, -0.2) is 4.98 Å². The Labute approximate surface area is 102 Å². The second-order valence-electron chi connectivity index (χ2n) is 3.59. The molecular formula is C11H11N3O2S. The number of rotatable bonds is 4. The molecule has 0 aliphatic heterocycles. The van der Waals surface area contributed by atoms with Crippen LogP contribution in [0.4, 0.5) is 11.5 Å². The number of hydrogen-bond acceptors (Lipinski definition) is 5. The number of nitrogens with zero attached hydrogens (tertiary/aromatic N) is 2. The second kappa shape index (κ2) is 4.92. The molecule has 2 rings (SSSR count). The van der Waals surface area contributed by atoms with E-state index in [2.05, 4.69) is 21.1 Å². The molecule has 6 heteroatoms. The Hall–Kier alpha value is -1.95. The second-order valence-corrected chi connectivity index (χ2v) is 4.33. The van der Waals surface area contributed by atoms with Crippen molar-refractivity contribution >= 4 is 22.8 Å². The summed E-state index contributed by atoms with van der Waals surface area (Å²) < 4.78 is 0. The van der Waals surface area contributed by atoms with Crippen LogP contribution in [0.25, 0.3) is 0 Å². The topological polar surface area (TPSA) is 68.1 Å². The van der Waals surface area contributed by atoms with E-state index < -0.39 is 4.92 Å². The van der Waals surface area contributed by atoms with Crippen LogP contribution >= 0.6 is 11.3 Å². The molecule has 0 aliphatic carbocycles. The summed E-state index contributed by atoms with van der Waals surface area (Å²) in [4.78, 5) is 14.2. The maximum Gasteiger partial charge on any atom is 0.274 e. The van der Waals surface area contributed by atoms with Crippen molar-refractivity contribution < 1.29 is 4.92 Å². The van der Waals surface area contributed by atoms with Crippen LogP contribution in [0.5, 0.6) is 0 Å². The minimum Gasteiger partial charge on any atom is -0.366 e. The lowest BCUT2D eigenvalue weighted by Crippen LogP contribution is -2.02. The monoisotopic (exact) mass is 249 g/mol. The highest BCUT2D eigenvalue weighted by Gasteiger charge is 2.06. The van der Waals surface area contributed by atoms with Gasteiger partial charge >= 0.3 is 0 Å². The van der Waals surface area contributed by atoms with Crippen LogP contribution in [0, 0.1) is 17.0 Å². The van der Waals surface area contributed by atoms with Crippen LogP contribution < -0.4 is 5.32 Å². The van der Waals surface area contributed by atoms with Gasteiger partial charge in [-0.05, 0) is 28.8 Å². The van der Waals surface area contributed by atoms with Crippen LogP contribution in [0.1, 0.15) is 11.1 Å². The van der Waals surface area contributed by atoms with E-state index in [1.807, 2.05) is 6.92 Å². The lowest BCUT2D eigenvalue weighted by molar-refractivity contribution is -0.384. The minimum absolute atomic E-state index is 0.0459. The van der Waals surface area contributed by atoms with Gasteiger partial charge in [0.15, 0.2) is 0 Å². The molecule has 1 N–H and O–H groups in total. The highest BCUT2D eigenvalue weighted by atomic mass is 32.1. The first-order valence-electron chi connectivity index (χ1n) is 5.03. The number of anilines is 1. The molecule has 0 bridgehead atoms.